The van der Waals surface area contributed by atoms with E-state index in [2.05, 4.69) is 5.43 Å². The second-order valence-electron chi connectivity index (χ2n) is 4.55. The van der Waals surface area contributed by atoms with E-state index in [1.165, 1.54) is 4.90 Å². The number of nitrogens with two attached hydrogens (primary N) is 1. The van der Waals surface area contributed by atoms with Gasteiger partial charge >= 0.3 is 0 Å². The van der Waals surface area contributed by atoms with Crippen molar-refractivity contribution in [1.29, 1.82) is 0 Å². The molecule has 0 saturated carbocycles. The normalized spacial score (nSPS) is 18.8. The Kier molecular flexibility index (Phi) is 3.62. The van der Waals surface area contributed by atoms with Crippen molar-refractivity contribution in [3.63, 3.8) is 0 Å². The van der Waals surface area contributed by atoms with Gasteiger partial charge in [-0.25, -0.2) is 5.84 Å². The zero-order valence-corrected chi connectivity index (χ0v) is 10.6. The Balaban J connectivity index is 2.27. The summed E-state index contributed by atoms with van der Waals surface area (Å²) in [4.78, 5) is 36.4. The number of carbonyl (C=O) groups is 3. The number of nitrogens with one attached hydrogen (secondary N) is 1. The fourth-order valence-electron chi connectivity index (χ4n) is 2.14. The number of amides is 3. The third-order valence-electron chi connectivity index (χ3n) is 3.19. The molecule has 3 amide bonds. The average molecular weight is 261 g/mol. The number of nitrogen functional groups attached to an aromatic ring is 1. The maximum Gasteiger partial charge on any atom is 0.265 e. The van der Waals surface area contributed by atoms with Gasteiger partial charge in [0, 0.05) is 17.9 Å². The van der Waals surface area contributed by atoms with Gasteiger partial charge in [0.15, 0.2) is 0 Å². The third-order valence-corrected chi connectivity index (χ3v) is 3.19. The first-order chi connectivity index (χ1) is 9.04. The molecule has 1 aliphatic heterocycles. The van der Waals surface area contributed by atoms with Crippen LogP contribution in [0.4, 0.5) is 0 Å². The van der Waals surface area contributed by atoms with E-state index in [1.54, 1.807) is 31.2 Å². The van der Waals surface area contributed by atoms with E-state index < -0.39 is 5.91 Å². The minimum Gasteiger partial charge on any atom is -0.290 e. The van der Waals surface area contributed by atoms with Gasteiger partial charge in [0.25, 0.3) is 5.91 Å². The van der Waals surface area contributed by atoms with Crippen LogP contribution in [0.15, 0.2) is 24.3 Å². The molecular weight excluding hydrogens is 246 g/mol. The molecule has 19 heavy (non-hydrogen) atoms. The quantitative estimate of drug-likeness (QED) is 0.351. The summed E-state index contributed by atoms with van der Waals surface area (Å²) < 4.78 is 0. The molecule has 6 nitrogen and oxygen atoms in total. The van der Waals surface area contributed by atoms with Crippen molar-refractivity contribution in [2.45, 2.75) is 19.9 Å². The third kappa shape index (κ3) is 2.48. The molecule has 0 spiro atoms. The monoisotopic (exact) mass is 261 g/mol. The Morgan fingerprint density at radius 2 is 2.11 bits per heavy atom. The molecule has 100 valence electrons. The number of imide groups is 1. The second-order valence-corrected chi connectivity index (χ2v) is 4.55. The van der Waals surface area contributed by atoms with E-state index in [0.29, 0.717) is 11.1 Å². The number of likely N-dealkylation sites (tertiary alicyclic amines) is 1. The Bertz CT molecular complexity index is 542. The largest absolute Gasteiger partial charge is 0.290 e. The first kappa shape index (κ1) is 13.2. The Hall–Kier alpha value is -2.21. The van der Waals surface area contributed by atoms with E-state index in [1.807, 2.05) is 0 Å². The van der Waals surface area contributed by atoms with Crippen LogP contribution in [-0.4, -0.2) is 22.6 Å². The summed E-state index contributed by atoms with van der Waals surface area (Å²) in [5.74, 6) is 3.97. The van der Waals surface area contributed by atoms with Crippen LogP contribution in [-0.2, 0) is 16.1 Å². The summed E-state index contributed by atoms with van der Waals surface area (Å²) in [6, 6.07) is 6.75. The zero-order valence-electron chi connectivity index (χ0n) is 10.6. The molecule has 1 unspecified atom stereocenters. The van der Waals surface area contributed by atoms with Crippen LogP contribution < -0.4 is 11.3 Å². The zero-order chi connectivity index (χ0) is 14.0. The van der Waals surface area contributed by atoms with Crippen molar-refractivity contribution in [2.24, 2.45) is 11.8 Å². The van der Waals surface area contributed by atoms with Crippen LogP contribution in [0.5, 0.6) is 0 Å². The van der Waals surface area contributed by atoms with Gasteiger partial charge in [-0.1, -0.05) is 25.1 Å². The van der Waals surface area contributed by atoms with Gasteiger partial charge in [-0.2, -0.15) is 0 Å². The predicted octanol–water partition coefficient (Wildman–Crippen LogP) is 0.185. The van der Waals surface area contributed by atoms with E-state index in [-0.39, 0.29) is 30.7 Å². The standard InChI is InChI=1S/C13H15N3O3/c1-8-6-11(17)16(13(8)19)7-9-4-2-3-5-10(9)12(18)15-14/h2-5,8H,6-7,14H2,1H3,(H,15,18). The summed E-state index contributed by atoms with van der Waals surface area (Å²) in [5.41, 5.74) is 3.01. The van der Waals surface area contributed by atoms with Crippen LogP contribution in [0.2, 0.25) is 0 Å². The summed E-state index contributed by atoms with van der Waals surface area (Å²) in [5, 5.41) is 0. The Morgan fingerprint density at radius 1 is 1.42 bits per heavy atom. The van der Waals surface area contributed by atoms with Gasteiger partial charge in [-0.3, -0.25) is 24.7 Å². The summed E-state index contributed by atoms with van der Waals surface area (Å²) in [7, 11) is 0. The molecule has 1 atom stereocenters. The molecule has 1 aliphatic rings. The van der Waals surface area contributed by atoms with Crippen molar-refractivity contribution < 1.29 is 14.4 Å². The molecule has 2 rings (SSSR count). The second kappa shape index (κ2) is 5.19. The molecule has 3 N–H and O–H groups in total. The number of hydrazine groups is 1. The number of hydrogen-bond acceptors (Lipinski definition) is 4. The first-order valence-corrected chi connectivity index (χ1v) is 5.97. The lowest BCUT2D eigenvalue weighted by atomic mass is 10.1. The number of benzene rings is 1. The lowest BCUT2D eigenvalue weighted by Gasteiger charge is -2.16. The lowest BCUT2D eigenvalue weighted by molar-refractivity contribution is -0.139. The van der Waals surface area contributed by atoms with Gasteiger partial charge in [-0.15, -0.1) is 0 Å². The highest BCUT2D eigenvalue weighted by Crippen LogP contribution is 2.22. The fraction of sp³-hybridized carbons (Fsp3) is 0.308. The smallest absolute Gasteiger partial charge is 0.265 e. The van der Waals surface area contributed by atoms with E-state index in [9.17, 15) is 14.4 Å². The first-order valence-electron chi connectivity index (χ1n) is 5.97. The predicted molar refractivity (Wildman–Crippen MR) is 67.4 cm³/mol. The summed E-state index contributed by atoms with van der Waals surface area (Å²) in [6.45, 7) is 1.82. The van der Waals surface area contributed by atoms with E-state index >= 15 is 0 Å². The number of carbonyl (C=O) groups excluding carboxylic acids is 3. The van der Waals surface area contributed by atoms with Crippen LogP contribution in [0.25, 0.3) is 0 Å². The van der Waals surface area contributed by atoms with E-state index in [4.69, 9.17) is 5.84 Å². The highest BCUT2D eigenvalue weighted by molar-refractivity contribution is 6.03. The lowest BCUT2D eigenvalue weighted by Crippen LogP contribution is -2.33. The molecule has 0 bridgehead atoms. The van der Waals surface area contributed by atoms with Gasteiger partial charge in [-0.05, 0) is 11.6 Å². The van der Waals surface area contributed by atoms with Gasteiger partial charge in [0.05, 0.1) is 6.54 Å². The molecule has 1 aromatic carbocycles. The molecule has 1 aromatic rings. The van der Waals surface area contributed by atoms with Gasteiger partial charge < -0.3 is 0 Å². The van der Waals surface area contributed by atoms with Gasteiger partial charge in [0.1, 0.15) is 0 Å². The maximum absolute atomic E-state index is 11.9. The maximum atomic E-state index is 11.9. The minimum absolute atomic E-state index is 0.103. The van der Waals surface area contributed by atoms with Crippen LogP contribution in [0.1, 0.15) is 29.3 Å². The van der Waals surface area contributed by atoms with Crippen molar-refractivity contribution in [1.82, 2.24) is 10.3 Å². The average Bonchev–Trinajstić information content (AvgIpc) is 2.65. The number of rotatable bonds is 3. The summed E-state index contributed by atoms with van der Waals surface area (Å²) in [6.07, 6.45) is 0.226. The molecule has 1 fully saturated rings. The topological polar surface area (TPSA) is 92.5 Å². The van der Waals surface area contributed by atoms with Crippen LogP contribution in [0.3, 0.4) is 0 Å². The number of nitrogens with zero attached hydrogens (tertiary/aromatic N) is 1. The molecule has 0 radical (unpaired) electrons. The van der Waals surface area contributed by atoms with Crippen molar-refractivity contribution >= 4 is 17.7 Å². The van der Waals surface area contributed by atoms with Crippen molar-refractivity contribution in [3.8, 4) is 0 Å². The van der Waals surface area contributed by atoms with Crippen molar-refractivity contribution in [3.05, 3.63) is 35.4 Å². The van der Waals surface area contributed by atoms with Crippen LogP contribution in [0, 0.1) is 5.92 Å². The molecule has 0 aliphatic carbocycles. The molecule has 0 aromatic heterocycles. The SMILES string of the molecule is CC1CC(=O)N(Cc2ccccc2C(=O)NN)C1=O. The molecule has 1 saturated heterocycles. The molecular formula is C13H15N3O3. The molecule has 6 heteroatoms. The van der Waals surface area contributed by atoms with E-state index in [0.717, 1.165) is 0 Å². The highest BCUT2D eigenvalue weighted by Gasteiger charge is 2.35. The Labute approximate surface area is 110 Å². The summed E-state index contributed by atoms with van der Waals surface area (Å²) >= 11 is 0. The molecule has 1 heterocycles. The van der Waals surface area contributed by atoms with Crippen LogP contribution >= 0.6 is 0 Å². The number of hydrogen-bond donors (Lipinski definition) is 2. The van der Waals surface area contributed by atoms with Crippen molar-refractivity contribution in [2.75, 3.05) is 0 Å². The fourth-order valence-corrected chi connectivity index (χ4v) is 2.14. The minimum atomic E-state index is -0.442. The van der Waals surface area contributed by atoms with Gasteiger partial charge in [0.2, 0.25) is 11.8 Å². The highest BCUT2D eigenvalue weighted by atomic mass is 16.2. The Morgan fingerprint density at radius 3 is 2.68 bits per heavy atom.